The number of hydrogen-bond acceptors (Lipinski definition) is 1. The number of benzene rings is 8. The van der Waals surface area contributed by atoms with Gasteiger partial charge in [-0.05, 0) is 101 Å². The van der Waals surface area contributed by atoms with Crippen molar-refractivity contribution in [3.8, 4) is 50.6 Å². The Morgan fingerprint density at radius 1 is 0.442 bits per heavy atom. The van der Waals surface area contributed by atoms with Gasteiger partial charge in [-0.1, -0.05) is 159 Å². The lowest BCUT2D eigenvalue weighted by atomic mass is 9.82. The molecule has 8 rings (SSSR count). The van der Waals surface area contributed by atoms with Gasteiger partial charge in [0, 0.05) is 0 Å². The molecule has 0 aliphatic rings. The molecule has 0 heterocycles. The van der Waals surface area contributed by atoms with E-state index < -0.39 is 16.1 Å². The standard InChI is InChI=1S/C48H40N2Si2/c1-50-36-18-12-33(13-19-36)44-29-46(35-16-22-38(23-17-35)52(5,6)7)42-26-24-39-43(32-10-8-31(30-49)9-11-32)28-45(41-27-25-40(44)48(42)47(39)41)34-14-20-37(21-15-34)51(2,3)4/h8-29H,2-7H3. The van der Waals surface area contributed by atoms with Crippen molar-refractivity contribution in [2.75, 3.05) is 0 Å². The molecule has 8 aromatic rings. The van der Waals surface area contributed by atoms with Crippen LogP contribution in [-0.4, -0.2) is 16.1 Å². The molecule has 0 fully saturated rings. The molecular formula is C48H40N2Si2. The molecule has 0 radical (unpaired) electrons. The highest BCUT2D eigenvalue weighted by atomic mass is 28.3. The van der Waals surface area contributed by atoms with Gasteiger partial charge in [0.25, 0.3) is 0 Å². The minimum atomic E-state index is -1.47. The van der Waals surface area contributed by atoms with E-state index in [2.05, 4.69) is 159 Å². The van der Waals surface area contributed by atoms with E-state index in [1.165, 1.54) is 64.9 Å². The van der Waals surface area contributed by atoms with E-state index >= 15 is 0 Å². The van der Waals surface area contributed by atoms with E-state index in [1.807, 2.05) is 24.3 Å². The molecule has 0 aliphatic carbocycles. The van der Waals surface area contributed by atoms with Crippen molar-refractivity contribution in [2.45, 2.75) is 39.3 Å². The molecule has 0 unspecified atom stereocenters. The van der Waals surface area contributed by atoms with Crippen LogP contribution in [0.3, 0.4) is 0 Å². The maximum Gasteiger partial charge on any atom is 0.187 e. The molecule has 0 saturated carbocycles. The van der Waals surface area contributed by atoms with Gasteiger partial charge < -0.3 is 0 Å². The SMILES string of the molecule is [C-]#[N+]c1ccc(-c2cc(-c3ccc([Si](C)(C)C)cc3)c3ccc4c(-c5ccc(C#N)cc5)cc(-c5ccc([Si](C)(C)C)cc5)c5ccc2c3c45)cc1. The highest BCUT2D eigenvalue weighted by molar-refractivity contribution is 6.89. The largest absolute Gasteiger partial charge is 0.238 e. The minimum Gasteiger partial charge on any atom is -0.238 e. The average molecular weight is 701 g/mol. The summed E-state index contributed by atoms with van der Waals surface area (Å²) < 4.78 is 0. The van der Waals surface area contributed by atoms with E-state index in [4.69, 9.17) is 6.57 Å². The minimum absolute atomic E-state index is 0.639. The van der Waals surface area contributed by atoms with Crippen LogP contribution >= 0.6 is 0 Å². The van der Waals surface area contributed by atoms with Gasteiger partial charge in [0.05, 0.1) is 34.4 Å². The molecule has 0 amide bonds. The Morgan fingerprint density at radius 3 is 1.04 bits per heavy atom. The fourth-order valence-electron chi connectivity index (χ4n) is 7.69. The topological polar surface area (TPSA) is 28.1 Å². The van der Waals surface area contributed by atoms with E-state index in [9.17, 15) is 5.26 Å². The van der Waals surface area contributed by atoms with Crippen molar-refractivity contribution in [2.24, 2.45) is 0 Å². The number of nitriles is 1. The second-order valence-corrected chi connectivity index (χ2v) is 26.2. The maximum atomic E-state index is 9.59. The van der Waals surface area contributed by atoms with Gasteiger partial charge in [-0.25, -0.2) is 4.85 Å². The molecule has 0 N–H and O–H groups in total. The van der Waals surface area contributed by atoms with Gasteiger partial charge in [-0.15, -0.1) is 0 Å². The van der Waals surface area contributed by atoms with Crippen molar-refractivity contribution in [1.29, 1.82) is 5.26 Å². The molecule has 52 heavy (non-hydrogen) atoms. The van der Waals surface area contributed by atoms with E-state index in [1.54, 1.807) is 0 Å². The fourth-order valence-corrected chi connectivity index (χ4v) is 10.0. The highest BCUT2D eigenvalue weighted by Crippen LogP contribution is 2.48. The predicted molar refractivity (Wildman–Crippen MR) is 229 cm³/mol. The highest BCUT2D eigenvalue weighted by Gasteiger charge is 2.23. The van der Waals surface area contributed by atoms with Crippen LogP contribution in [0.2, 0.25) is 39.3 Å². The summed E-state index contributed by atoms with van der Waals surface area (Å²) in [5, 5.41) is 19.8. The fraction of sp³-hybridized carbons (Fsp3) is 0.125. The zero-order chi connectivity index (χ0) is 36.4. The quantitative estimate of drug-likeness (QED) is 0.0964. The lowest BCUT2D eigenvalue weighted by molar-refractivity contribution is 1.48. The molecular weight excluding hydrogens is 661 g/mol. The van der Waals surface area contributed by atoms with Crippen molar-refractivity contribution in [3.63, 3.8) is 0 Å². The third-order valence-electron chi connectivity index (χ3n) is 10.7. The predicted octanol–water partition coefficient (Wildman–Crippen LogP) is 12.8. The van der Waals surface area contributed by atoms with Gasteiger partial charge in [0.1, 0.15) is 0 Å². The monoisotopic (exact) mass is 700 g/mol. The zero-order valence-corrected chi connectivity index (χ0v) is 32.6. The van der Waals surface area contributed by atoms with Crippen LogP contribution in [0.4, 0.5) is 5.69 Å². The zero-order valence-electron chi connectivity index (χ0n) is 30.6. The summed E-state index contributed by atoms with van der Waals surface area (Å²) in [5.74, 6) is 0. The Kier molecular flexibility index (Phi) is 8.00. The van der Waals surface area contributed by atoms with Crippen LogP contribution in [0.5, 0.6) is 0 Å². The number of nitrogens with zero attached hydrogens (tertiary/aromatic N) is 2. The van der Waals surface area contributed by atoms with Crippen molar-refractivity contribution >= 4 is 64.5 Å². The first-order valence-electron chi connectivity index (χ1n) is 17.9. The molecule has 4 heteroatoms. The number of rotatable bonds is 6. The maximum absolute atomic E-state index is 9.59. The normalized spacial score (nSPS) is 12.0. The number of hydrogen-bond donors (Lipinski definition) is 0. The first-order valence-corrected chi connectivity index (χ1v) is 24.9. The molecule has 8 aromatic carbocycles. The van der Waals surface area contributed by atoms with Crippen LogP contribution in [0.15, 0.2) is 133 Å². The van der Waals surface area contributed by atoms with Crippen LogP contribution in [-0.2, 0) is 0 Å². The third kappa shape index (κ3) is 5.71. The van der Waals surface area contributed by atoms with Crippen LogP contribution < -0.4 is 10.4 Å². The van der Waals surface area contributed by atoms with Gasteiger partial charge in [0.15, 0.2) is 5.69 Å². The van der Waals surface area contributed by atoms with E-state index in [-0.39, 0.29) is 0 Å². The van der Waals surface area contributed by atoms with Crippen LogP contribution in [0.1, 0.15) is 5.56 Å². The lowest BCUT2D eigenvalue weighted by Crippen LogP contribution is -2.37. The molecule has 0 aliphatic heterocycles. The Bertz CT molecular complexity index is 2520. The van der Waals surface area contributed by atoms with Crippen molar-refractivity contribution in [3.05, 3.63) is 150 Å². The van der Waals surface area contributed by atoms with Crippen molar-refractivity contribution < 1.29 is 0 Å². The molecule has 0 atom stereocenters. The summed E-state index contributed by atoms with van der Waals surface area (Å²) in [5.41, 5.74) is 10.6. The second-order valence-electron chi connectivity index (χ2n) is 16.0. The third-order valence-corrected chi connectivity index (χ3v) is 14.8. The Morgan fingerprint density at radius 2 is 0.750 bits per heavy atom. The molecule has 0 aromatic heterocycles. The lowest BCUT2D eigenvalue weighted by Gasteiger charge is -2.22. The summed E-state index contributed by atoms with van der Waals surface area (Å²) >= 11 is 0. The van der Waals surface area contributed by atoms with Gasteiger partial charge in [0.2, 0.25) is 0 Å². The average Bonchev–Trinajstić information content (AvgIpc) is 3.16. The summed E-state index contributed by atoms with van der Waals surface area (Å²) in [7, 11) is -2.95. The van der Waals surface area contributed by atoms with E-state index in [0.29, 0.717) is 11.3 Å². The summed E-state index contributed by atoms with van der Waals surface area (Å²) in [6.07, 6.45) is 0. The van der Waals surface area contributed by atoms with Gasteiger partial charge in [-0.3, -0.25) is 0 Å². The van der Waals surface area contributed by atoms with Crippen LogP contribution in [0.25, 0.3) is 81.7 Å². The summed E-state index contributed by atoms with van der Waals surface area (Å²) in [6, 6.07) is 50.8. The molecule has 0 saturated heterocycles. The van der Waals surface area contributed by atoms with Gasteiger partial charge >= 0.3 is 0 Å². The second kappa shape index (κ2) is 12.5. The Labute approximate surface area is 308 Å². The molecule has 0 bridgehead atoms. The first-order chi connectivity index (χ1) is 24.9. The smallest absolute Gasteiger partial charge is 0.187 e. The van der Waals surface area contributed by atoms with E-state index in [0.717, 1.165) is 22.3 Å². The van der Waals surface area contributed by atoms with Gasteiger partial charge in [-0.2, -0.15) is 5.26 Å². The first kappa shape index (κ1) is 33.4. The Balaban J connectivity index is 1.50. The molecule has 2 nitrogen and oxygen atoms in total. The van der Waals surface area contributed by atoms with Crippen molar-refractivity contribution in [1.82, 2.24) is 0 Å². The molecule has 0 spiro atoms. The van der Waals surface area contributed by atoms with Crippen LogP contribution in [0, 0.1) is 17.9 Å². The summed E-state index contributed by atoms with van der Waals surface area (Å²) in [6.45, 7) is 21.9. The molecule has 250 valence electrons. The summed E-state index contributed by atoms with van der Waals surface area (Å²) in [4.78, 5) is 3.67. The Hall–Kier alpha value is -5.79.